The second-order valence-corrected chi connectivity index (χ2v) is 3.27. The van der Waals surface area contributed by atoms with E-state index in [1.807, 2.05) is 18.0 Å². The molecule has 0 aliphatic heterocycles. The summed E-state index contributed by atoms with van der Waals surface area (Å²) < 4.78 is 0. The zero-order valence-corrected chi connectivity index (χ0v) is 8.14. The van der Waals surface area contributed by atoms with Crippen molar-refractivity contribution in [3.05, 3.63) is 18.5 Å². The molecular weight excluding hydrogens is 164 g/mol. The molecule has 0 saturated carbocycles. The molecule has 0 aliphatic rings. The average molecular weight is 180 g/mol. The van der Waals surface area contributed by atoms with Gasteiger partial charge in [0.2, 0.25) is 5.95 Å². The smallest absolute Gasteiger partial charge is 0.224 e. The van der Waals surface area contributed by atoms with Crippen LogP contribution in [0.3, 0.4) is 0 Å². The maximum atomic E-state index is 5.53. The molecule has 0 fully saturated rings. The molecule has 1 unspecified atom stereocenters. The van der Waals surface area contributed by atoms with E-state index in [-0.39, 0.29) is 0 Å². The van der Waals surface area contributed by atoms with Crippen molar-refractivity contribution in [1.82, 2.24) is 9.97 Å². The highest BCUT2D eigenvalue weighted by Gasteiger charge is 2.06. The summed E-state index contributed by atoms with van der Waals surface area (Å²) in [7, 11) is 1.97. The lowest BCUT2D eigenvalue weighted by Crippen LogP contribution is -2.29. The van der Waals surface area contributed by atoms with Crippen LogP contribution in [0.1, 0.15) is 6.92 Å². The van der Waals surface area contributed by atoms with E-state index in [0.29, 0.717) is 12.5 Å². The van der Waals surface area contributed by atoms with Gasteiger partial charge in [-0.1, -0.05) is 6.92 Å². The molecule has 1 atom stereocenters. The third kappa shape index (κ3) is 2.99. The molecule has 13 heavy (non-hydrogen) atoms. The van der Waals surface area contributed by atoms with Crippen LogP contribution >= 0.6 is 0 Å². The minimum Gasteiger partial charge on any atom is -0.344 e. The van der Waals surface area contributed by atoms with E-state index in [9.17, 15) is 0 Å². The molecule has 0 saturated heterocycles. The van der Waals surface area contributed by atoms with E-state index in [1.54, 1.807) is 12.4 Å². The van der Waals surface area contributed by atoms with Gasteiger partial charge in [0, 0.05) is 26.0 Å². The zero-order valence-electron chi connectivity index (χ0n) is 8.14. The molecule has 1 rings (SSSR count). The molecule has 1 heterocycles. The number of anilines is 1. The molecule has 1 aromatic heterocycles. The van der Waals surface area contributed by atoms with Crippen LogP contribution in [0.4, 0.5) is 5.95 Å². The van der Waals surface area contributed by atoms with Crippen LogP contribution in [-0.4, -0.2) is 30.1 Å². The lowest BCUT2D eigenvalue weighted by atomic mass is 10.2. The normalized spacial score (nSPS) is 12.5. The predicted octanol–water partition coefficient (Wildman–Crippen LogP) is 0.508. The van der Waals surface area contributed by atoms with Crippen molar-refractivity contribution in [3.63, 3.8) is 0 Å². The second kappa shape index (κ2) is 4.77. The Bertz CT molecular complexity index is 237. The first-order valence-corrected chi connectivity index (χ1v) is 4.42. The number of hydrogen-bond acceptors (Lipinski definition) is 4. The average Bonchev–Trinajstić information content (AvgIpc) is 2.19. The van der Waals surface area contributed by atoms with Crippen molar-refractivity contribution in [2.45, 2.75) is 6.92 Å². The molecule has 72 valence electrons. The first-order chi connectivity index (χ1) is 6.24. The monoisotopic (exact) mass is 180 g/mol. The zero-order chi connectivity index (χ0) is 9.68. The molecule has 1 aromatic rings. The summed E-state index contributed by atoms with van der Waals surface area (Å²) in [5.41, 5.74) is 5.53. The molecule has 4 nitrogen and oxygen atoms in total. The largest absolute Gasteiger partial charge is 0.344 e. The maximum absolute atomic E-state index is 5.53. The van der Waals surface area contributed by atoms with E-state index < -0.39 is 0 Å². The molecule has 0 aromatic carbocycles. The topological polar surface area (TPSA) is 55.0 Å². The van der Waals surface area contributed by atoms with Gasteiger partial charge in [-0.3, -0.25) is 0 Å². The molecule has 4 heteroatoms. The molecule has 0 spiro atoms. The third-order valence-electron chi connectivity index (χ3n) is 1.88. The number of nitrogens with two attached hydrogens (primary N) is 1. The lowest BCUT2D eigenvalue weighted by Gasteiger charge is -2.19. The van der Waals surface area contributed by atoms with Gasteiger partial charge in [0.25, 0.3) is 0 Å². The van der Waals surface area contributed by atoms with E-state index >= 15 is 0 Å². The standard InChI is InChI=1S/C9H16N4/c1-8(6-10)7-13(2)9-11-4-3-5-12-9/h3-5,8H,6-7,10H2,1-2H3. The molecule has 0 amide bonds. The fourth-order valence-electron chi connectivity index (χ4n) is 1.11. The van der Waals surface area contributed by atoms with Gasteiger partial charge in [0.05, 0.1) is 0 Å². The lowest BCUT2D eigenvalue weighted by molar-refractivity contribution is 0.584. The van der Waals surface area contributed by atoms with Gasteiger partial charge < -0.3 is 10.6 Å². The third-order valence-corrected chi connectivity index (χ3v) is 1.88. The van der Waals surface area contributed by atoms with Gasteiger partial charge >= 0.3 is 0 Å². The minimum atomic E-state index is 0.466. The van der Waals surface area contributed by atoms with E-state index in [4.69, 9.17) is 5.73 Å². The van der Waals surface area contributed by atoms with E-state index in [1.165, 1.54) is 0 Å². The van der Waals surface area contributed by atoms with Gasteiger partial charge in [0.1, 0.15) is 0 Å². The van der Waals surface area contributed by atoms with Crippen molar-refractivity contribution in [2.24, 2.45) is 11.7 Å². The maximum Gasteiger partial charge on any atom is 0.224 e. The number of rotatable bonds is 4. The summed E-state index contributed by atoms with van der Waals surface area (Å²) in [5, 5.41) is 0. The summed E-state index contributed by atoms with van der Waals surface area (Å²) in [6.45, 7) is 3.69. The van der Waals surface area contributed by atoms with Crippen molar-refractivity contribution >= 4 is 5.95 Å². The Labute approximate surface area is 78.8 Å². The fraction of sp³-hybridized carbons (Fsp3) is 0.556. The Kier molecular flexibility index (Phi) is 3.64. The Morgan fingerprint density at radius 1 is 1.46 bits per heavy atom. The Morgan fingerprint density at radius 2 is 2.08 bits per heavy atom. The summed E-state index contributed by atoms with van der Waals surface area (Å²) in [5.74, 6) is 1.22. The summed E-state index contributed by atoms with van der Waals surface area (Å²) in [6, 6.07) is 1.81. The number of hydrogen-bond donors (Lipinski definition) is 1. The highest BCUT2D eigenvalue weighted by atomic mass is 15.2. The minimum absolute atomic E-state index is 0.466. The Balaban J connectivity index is 2.53. The van der Waals surface area contributed by atoms with E-state index in [0.717, 1.165) is 12.5 Å². The van der Waals surface area contributed by atoms with Crippen LogP contribution in [-0.2, 0) is 0 Å². The Hall–Kier alpha value is -1.16. The highest BCUT2D eigenvalue weighted by molar-refractivity contribution is 5.26. The van der Waals surface area contributed by atoms with Crippen LogP contribution in [0.25, 0.3) is 0 Å². The van der Waals surface area contributed by atoms with Crippen LogP contribution < -0.4 is 10.6 Å². The second-order valence-electron chi connectivity index (χ2n) is 3.27. The number of aromatic nitrogens is 2. The van der Waals surface area contributed by atoms with Crippen molar-refractivity contribution in [1.29, 1.82) is 0 Å². The fourth-order valence-corrected chi connectivity index (χ4v) is 1.11. The quantitative estimate of drug-likeness (QED) is 0.733. The van der Waals surface area contributed by atoms with Gasteiger partial charge in [-0.05, 0) is 18.5 Å². The SMILES string of the molecule is CC(CN)CN(C)c1ncccn1. The predicted molar refractivity (Wildman–Crippen MR) is 53.5 cm³/mol. The van der Waals surface area contributed by atoms with Crippen LogP contribution in [0.15, 0.2) is 18.5 Å². The summed E-state index contributed by atoms with van der Waals surface area (Å²) >= 11 is 0. The highest BCUT2D eigenvalue weighted by Crippen LogP contribution is 2.04. The molecule has 0 bridgehead atoms. The molecule has 2 N–H and O–H groups in total. The van der Waals surface area contributed by atoms with Gasteiger partial charge in [-0.15, -0.1) is 0 Å². The summed E-state index contributed by atoms with van der Waals surface area (Å²) in [4.78, 5) is 10.3. The van der Waals surface area contributed by atoms with E-state index in [2.05, 4.69) is 16.9 Å². The van der Waals surface area contributed by atoms with Crippen LogP contribution in [0.5, 0.6) is 0 Å². The van der Waals surface area contributed by atoms with Crippen molar-refractivity contribution < 1.29 is 0 Å². The van der Waals surface area contributed by atoms with Crippen LogP contribution in [0, 0.1) is 5.92 Å². The molecule has 0 aliphatic carbocycles. The number of nitrogens with zero attached hydrogens (tertiary/aromatic N) is 3. The van der Waals surface area contributed by atoms with Crippen molar-refractivity contribution in [3.8, 4) is 0 Å². The molecular formula is C9H16N4. The Morgan fingerprint density at radius 3 is 2.62 bits per heavy atom. The molecule has 0 radical (unpaired) electrons. The van der Waals surface area contributed by atoms with Crippen molar-refractivity contribution in [2.75, 3.05) is 25.0 Å². The summed E-state index contributed by atoms with van der Waals surface area (Å²) in [6.07, 6.45) is 3.48. The van der Waals surface area contributed by atoms with Gasteiger partial charge in [-0.2, -0.15) is 0 Å². The first-order valence-electron chi connectivity index (χ1n) is 4.42. The first kappa shape index (κ1) is 9.92. The van der Waals surface area contributed by atoms with Gasteiger partial charge in [-0.25, -0.2) is 9.97 Å². The van der Waals surface area contributed by atoms with Crippen LogP contribution in [0.2, 0.25) is 0 Å². The van der Waals surface area contributed by atoms with Gasteiger partial charge in [0.15, 0.2) is 0 Å².